The van der Waals surface area contributed by atoms with E-state index in [-0.39, 0.29) is 5.69 Å². The molecule has 0 spiro atoms. The molecule has 0 radical (unpaired) electrons. The molecule has 2 aromatic rings. The number of rotatable bonds is 7. The van der Waals surface area contributed by atoms with E-state index in [1.807, 2.05) is 0 Å². The largest absolute Gasteiger partial charge is 0.497 e. The molecule has 0 aliphatic rings. The van der Waals surface area contributed by atoms with Crippen molar-refractivity contribution in [1.29, 1.82) is 0 Å². The van der Waals surface area contributed by atoms with E-state index in [2.05, 4.69) is 5.32 Å². The zero-order valence-electron chi connectivity index (χ0n) is 15.2. The number of methoxy groups -OCH3 is 2. The molecule has 0 bridgehead atoms. The second-order valence-electron chi connectivity index (χ2n) is 5.62. The molecule has 1 amide bonds. The van der Waals surface area contributed by atoms with E-state index >= 15 is 0 Å². The van der Waals surface area contributed by atoms with Crippen LogP contribution in [0.2, 0.25) is 0 Å². The van der Waals surface area contributed by atoms with Crippen molar-refractivity contribution in [3.8, 4) is 11.5 Å². The van der Waals surface area contributed by atoms with Crippen molar-refractivity contribution in [3.63, 3.8) is 0 Å². The molecule has 0 aromatic heterocycles. The number of carbonyl (C=O) groups excluding carboxylic acids is 2. The lowest BCUT2D eigenvalue weighted by atomic mass is 10.2. The van der Waals surface area contributed by atoms with Crippen molar-refractivity contribution >= 4 is 23.6 Å². The van der Waals surface area contributed by atoms with Crippen LogP contribution in [0.1, 0.15) is 11.1 Å². The zero-order chi connectivity index (χ0) is 19.8. The van der Waals surface area contributed by atoms with Gasteiger partial charge in [-0.25, -0.2) is 9.18 Å². The molecule has 1 N–H and O–H groups in total. The third-order valence-electron chi connectivity index (χ3n) is 3.53. The highest BCUT2D eigenvalue weighted by atomic mass is 19.1. The van der Waals surface area contributed by atoms with Gasteiger partial charge in [-0.15, -0.1) is 0 Å². The third-order valence-corrected chi connectivity index (χ3v) is 3.53. The van der Waals surface area contributed by atoms with Gasteiger partial charge in [0, 0.05) is 12.1 Å². The van der Waals surface area contributed by atoms with Gasteiger partial charge in [0.1, 0.15) is 17.3 Å². The van der Waals surface area contributed by atoms with Gasteiger partial charge in [-0.05, 0) is 48.4 Å². The Morgan fingerprint density at radius 3 is 2.33 bits per heavy atom. The number of esters is 1. The van der Waals surface area contributed by atoms with Crippen molar-refractivity contribution < 1.29 is 28.2 Å². The van der Waals surface area contributed by atoms with Gasteiger partial charge in [0.25, 0.3) is 5.91 Å². The third kappa shape index (κ3) is 6.14. The average molecular weight is 373 g/mol. The summed E-state index contributed by atoms with van der Waals surface area (Å²) >= 11 is 0. The van der Waals surface area contributed by atoms with Gasteiger partial charge in [-0.1, -0.05) is 6.07 Å². The highest BCUT2D eigenvalue weighted by molar-refractivity contribution is 5.94. The van der Waals surface area contributed by atoms with Crippen molar-refractivity contribution in [2.75, 3.05) is 26.1 Å². The molecule has 2 aromatic carbocycles. The molecule has 2 rings (SSSR count). The molecule has 0 aliphatic heterocycles. The lowest BCUT2D eigenvalue weighted by Gasteiger charge is -2.07. The van der Waals surface area contributed by atoms with Gasteiger partial charge in [0.15, 0.2) is 6.61 Å². The van der Waals surface area contributed by atoms with E-state index < -0.39 is 24.3 Å². The summed E-state index contributed by atoms with van der Waals surface area (Å²) in [5.74, 6) is -0.760. The van der Waals surface area contributed by atoms with Crippen LogP contribution in [0, 0.1) is 12.7 Å². The molecule has 0 unspecified atom stereocenters. The van der Waals surface area contributed by atoms with E-state index in [1.165, 1.54) is 38.5 Å². The summed E-state index contributed by atoms with van der Waals surface area (Å²) in [4.78, 5) is 23.6. The second-order valence-corrected chi connectivity index (χ2v) is 5.62. The zero-order valence-corrected chi connectivity index (χ0v) is 15.2. The van der Waals surface area contributed by atoms with Gasteiger partial charge in [-0.3, -0.25) is 4.79 Å². The molecule has 0 atom stereocenters. The van der Waals surface area contributed by atoms with E-state index in [9.17, 15) is 14.0 Å². The summed E-state index contributed by atoms with van der Waals surface area (Å²) < 4.78 is 28.8. The molecule has 0 heterocycles. The van der Waals surface area contributed by atoms with E-state index in [0.29, 0.717) is 17.1 Å². The number of aryl methyl sites for hydroxylation is 1. The fourth-order valence-electron chi connectivity index (χ4n) is 2.18. The maximum atomic E-state index is 13.7. The Balaban J connectivity index is 1.90. The summed E-state index contributed by atoms with van der Waals surface area (Å²) in [5, 5.41) is 2.35. The normalized spacial score (nSPS) is 10.5. The monoisotopic (exact) mass is 373 g/mol. The average Bonchev–Trinajstić information content (AvgIpc) is 2.66. The lowest BCUT2D eigenvalue weighted by Crippen LogP contribution is -2.20. The van der Waals surface area contributed by atoms with Crippen LogP contribution >= 0.6 is 0 Å². The fraction of sp³-hybridized carbons (Fsp3) is 0.200. The van der Waals surface area contributed by atoms with Crippen LogP contribution in [0.25, 0.3) is 6.08 Å². The molecule has 27 heavy (non-hydrogen) atoms. The number of carbonyl (C=O) groups is 2. The van der Waals surface area contributed by atoms with Crippen molar-refractivity contribution in [3.05, 3.63) is 59.4 Å². The smallest absolute Gasteiger partial charge is 0.331 e. The second kappa shape index (κ2) is 9.38. The van der Waals surface area contributed by atoms with Crippen LogP contribution in [0.15, 0.2) is 42.5 Å². The minimum absolute atomic E-state index is 0.0284. The van der Waals surface area contributed by atoms with Crippen LogP contribution in [-0.2, 0) is 14.3 Å². The van der Waals surface area contributed by atoms with Crippen LogP contribution < -0.4 is 14.8 Å². The summed E-state index contributed by atoms with van der Waals surface area (Å²) in [5.41, 5.74) is 1.42. The van der Waals surface area contributed by atoms with Gasteiger partial charge in [0.2, 0.25) is 0 Å². The maximum Gasteiger partial charge on any atom is 0.331 e. The van der Waals surface area contributed by atoms with Crippen LogP contribution in [-0.4, -0.2) is 32.7 Å². The minimum atomic E-state index is -0.712. The first-order chi connectivity index (χ1) is 12.9. The first kappa shape index (κ1) is 20.0. The maximum absolute atomic E-state index is 13.7. The number of halogens is 1. The first-order valence-electron chi connectivity index (χ1n) is 8.05. The Bertz CT molecular complexity index is 841. The van der Waals surface area contributed by atoms with E-state index in [1.54, 1.807) is 31.2 Å². The van der Waals surface area contributed by atoms with E-state index in [4.69, 9.17) is 14.2 Å². The van der Waals surface area contributed by atoms with Crippen LogP contribution in [0.4, 0.5) is 10.1 Å². The highest BCUT2D eigenvalue weighted by Crippen LogP contribution is 2.23. The Morgan fingerprint density at radius 2 is 1.74 bits per heavy atom. The Hall–Kier alpha value is -3.35. The molecular weight excluding hydrogens is 353 g/mol. The number of hydrogen-bond donors (Lipinski definition) is 1. The lowest BCUT2D eigenvalue weighted by molar-refractivity contribution is -0.142. The molecule has 142 valence electrons. The van der Waals surface area contributed by atoms with Crippen molar-refractivity contribution in [1.82, 2.24) is 0 Å². The number of hydrogen-bond acceptors (Lipinski definition) is 5. The summed E-state index contributed by atoms with van der Waals surface area (Å²) in [6.07, 6.45) is 2.68. The molecular formula is C20H20FNO5. The predicted octanol–water partition coefficient (Wildman–Crippen LogP) is 3.35. The summed E-state index contributed by atoms with van der Waals surface area (Å²) in [6.45, 7) is 1.21. The quantitative estimate of drug-likeness (QED) is 0.595. The van der Waals surface area contributed by atoms with Gasteiger partial charge in [0.05, 0.1) is 19.9 Å². The number of benzene rings is 2. The Morgan fingerprint density at radius 1 is 1.07 bits per heavy atom. The van der Waals surface area contributed by atoms with Crippen molar-refractivity contribution in [2.45, 2.75) is 6.92 Å². The molecule has 0 fully saturated rings. The fourth-order valence-corrected chi connectivity index (χ4v) is 2.18. The minimum Gasteiger partial charge on any atom is -0.497 e. The predicted molar refractivity (Wildman–Crippen MR) is 99.3 cm³/mol. The van der Waals surface area contributed by atoms with Crippen LogP contribution in [0.5, 0.6) is 11.5 Å². The molecule has 7 heteroatoms. The number of nitrogens with one attached hydrogen (secondary N) is 1. The highest BCUT2D eigenvalue weighted by Gasteiger charge is 2.09. The molecule has 0 saturated heterocycles. The topological polar surface area (TPSA) is 73.9 Å². The SMILES string of the molecule is COc1cc(/C=C/C(=O)OCC(=O)Nc2ccc(C)cc2F)cc(OC)c1. The van der Waals surface area contributed by atoms with Gasteiger partial charge < -0.3 is 19.5 Å². The van der Waals surface area contributed by atoms with E-state index in [0.717, 1.165) is 5.56 Å². The standard InChI is InChI=1S/C20H20FNO5/c1-13-4-6-18(17(21)8-13)22-19(23)12-27-20(24)7-5-14-9-15(25-2)11-16(10-14)26-3/h4-11H,12H2,1-3H3,(H,22,23)/b7-5+. The Kier molecular flexibility index (Phi) is 6.93. The number of anilines is 1. The van der Waals surface area contributed by atoms with Gasteiger partial charge in [-0.2, -0.15) is 0 Å². The summed E-state index contributed by atoms with van der Waals surface area (Å²) in [7, 11) is 3.04. The molecule has 0 saturated carbocycles. The number of amides is 1. The number of ether oxygens (including phenoxy) is 3. The van der Waals surface area contributed by atoms with Crippen LogP contribution in [0.3, 0.4) is 0 Å². The van der Waals surface area contributed by atoms with Gasteiger partial charge >= 0.3 is 5.97 Å². The Labute approximate surface area is 156 Å². The molecule has 0 aliphatic carbocycles. The van der Waals surface area contributed by atoms with Crippen molar-refractivity contribution in [2.24, 2.45) is 0 Å². The summed E-state index contributed by atoms with van der Waals surface area (Å²) in [6, 6.07) is 9.52. The first-order valence-corrected chi connectivity index (χ1v) is 8.05. The molecule has 6 nitrogen and oxygen atoms in total.